The van der Waals surface area contributed by atoms with Gasteiger partial charge in [-0.25, -0.2) is 0 Å². The first-order valence-electron chi connectivity index (χ1n) is 10.2. The number of anilines is 1. The molecule has 1 N–H and O–H groups in total. The predicted molar refractivity (Wildman–Crippen MR) is 122 cm³/mol. The fourth-order valence-electron chi connectivity index (χ4n) is 3.65. The van der Waals surface area contributed by atoms with Gasteiger partial charge in [-0.15, -0.1) is 10.2 Å². The van der Waals surface area contributed by atoms with Crippen molar-refractivity contribution in [2.45, 2.75) is 25.8 Å². The van der Waals surface area contributed by atoms with E-state index in [0.717, 1.165) is 18.4 Å². The molecule has 0 saturated carbocycles. The fraction of sp³-hybridized carbons (Fsp3) is 0.304. The third kappa shape index (κ3) is 4.57. The molecule has 1 saturated heterocycles. The van der Waals surface area contributed by atoms with Gasteiger partial charge < -0.3 is 19.7 Å². The minimum absolute atomic E-state index is 0.134. The Morgan fingerprint density at radius 3 is 2.41 bits per heavy atom. The van der Waals surface area contributed by atoms with Crippen LogP contribution >= 0.6 is 11.3 Å². The van der Waals surface area contributed by atoms with Crippen LogP contribution in [-0.4, -0.2) is 47.7 Å². The normalized spacial score (nSPS) is 15.5. The summed E-state index contributed by atoms with van der Waals surface area (Å²) < 4.78 is 10.6. The zero-order chi connectivity index (χ0) is 22.7. The van der Waals surface area contributed by atoms with Gasteiger partial charge in [0.1, 0.15) is 16.5 Å². The maximum absolute atomic E-state index is 13.3. The number of amides is 2. The van der Waals surface area contributed by atoms with Crippen LogP contribution in [0, 0.1) is 6.92 Å². The highest BCUT2D eigenvalue weighted by atomic mass is 32.1. The number of hydrogen-bond donors (Lipinski definition) is 1. The van der Waals surface area contributed by atoms with Crippen LogP contribution in [-0.2, 0) is 0 Å². The van der Waals surface area contributed by atoms with E-state index in [0.29, 0.717) is 34.3 Å². The zero-order valence-corrected chi connectivity index (χ0v) is 18.9. The Balaban J connectivity index is 1.51. The first kappa shape index (κ1) is 21.8. The Labute approximate surface area is 190 Å². The monoisotopic (exact) mass is 452 g/mol. The number of nitrogens with zero attached hydrogens (tertiary/aromatic N) is 3. The number of aryl methyl sites for hydroxylation is 1. The van der Waals surface area contributed by atoms with Crippen molar-refractivity contribution in [3.63, 3.8) is 0 Å². The summed E-state index contributed by atoms with van der Waals surface area (Å²) in [4.78, 5) is 27.6. The second-order valence-electron chi connectivity index (χ2n) is 7.52. The summed E-state index contributed by atoms with van der Waals surface area (Å²) >= 11 is 1.21. The van der Waals surface area contributed by atoms with Crippen LogP contribution in [0.3, 0.4) is 0 Å². The van der Waals surface area contributed by atoms with Crippen LogP contribution in [0.4, 0.5) is 5.69 Å². The van der Waals surface area contributed by atoms with Crippen molar-refractivity contribution in [3.8, 4) is 11.5 Å². The Hall–Kier alpha value is -3.46. The number of benzene rings is 2. The van der Waals surface area contributed by atoms with E-state index in [1.54, 1.807) is 37.3 Å². The maximum atomic E-state index is 13.3. The van der Waals surface area contributed by atoms with Crippen LogP contribution in [0.1, 0.15) is 49.6 Å². The molecule has 1 unspecified atom stereocenters. The highest BCUT2D eigenvalue weighted by Crippen LogP contribution is 2.35. The lowest BCUT2D eigenvalue weighted by molar-refractivity contribution is 0.0734. The molecule has 1 aliphatic rings. The van der Waals surface area contributed by atoms with Crippen molar-refractivity contribution in [2.75, 3.05) is 26.1 Å². The van der Waals surface area contributed by atoms with Crippen molar-refractivity contribution >= 4 is 28.8 Å². The van der Waals surface area contributed by atoms with Gasteiger partial charge in [0.2, 0.25) is 5.01 Å². The van der Waals surface area contributed by atoms with Crippen molar-refractivity contribution in [1.82, 2.24) is 15.1 Å². The zero-order valence-electron chi connectivity index (χ0n) is 18.1. The minimum Gasteiger partial charge on any atom is -0.497 e. The lowest BCUT2D eigenvalue weighted by Gasteiger charge is -2.23. The van der Waals surface area contributed by atoms with E-state index < -0.39 is 0 Å². The molecule has 2 amide bonds. The Morgan fingerprint density at radius 2 is 1.75 bits per heavy atom. The molecule has 3 aromatic rings. The fourth-order valence-corrected chi connectivity index (χ4v) is 4.53. The number of nitrogens with one attached hydrogen (secondary N) is 1. The van der Waals surface area contributed by atoms with Crippen LogP contribution in [0.25, 0.3) is 0 Å². The van der Waals surface area contributed by atoms with Gasteiger partial charge in [0.25, 0.3) is 11.8 Å². The van der Waals surface area contributed by atoms with E-state index in [9.17, 15) is 9.59 Å². The van der Waals surface area contributed by atoms with Gasteiger partial charge >= 0.3 is 0 Å². The van der Waals surface area contributed by atoms with E-state index in [1.165, 1.54) is 11.3 Å². The summed E-state index contributed by atoms with van der Waals surface area (Å²) in [6, 6.07) is 12.4. The number of aromatic nitrogens is 2. The summed E-state index contributed by atoms with van der Waals surface area (Å²) in [5.41, 5.74) is 2.29. The summed E-state index contributed by atoms with van der Waals surface area (Å²) in [5.74, 6) is 0.653. The number of ether oxygens (including phenoxy) is 2. The Bertz CT molecular complexity index is 1110. The van der Waals surface area contributed by atoms with Crippen molar-refractivity contribution in [1.29, 1.82) is 0 Å². The number of carbonyl (C=O) groups is 2. The smallest absolute Gasteiger partial charge is 0.286 e. The van der Waals surface area contributed by atoms with Crippen molar-refractivity contribution in [2.24, 2.45) is 0 Å². The van der Waals surface area contributed by atoms with Crippen LogP contribution in [0.5, 0.6) is 11.5 Å². The second kappa shape index (κ2) is 9.35. The molecule has 2 aromatic carbocycles. The number of rotatable bonds is 6. The van der Waals surface area contributed by atoms with Crippen molar-refractivity contribution < 1.29 is 19.1 Å². The summed E-state index contributed by atoms with van der Waals surface area (Å²) in [7, 11) is 3.10. The van der Waals surface area contributed by atoms with Gasteiger partial charge in [0, 0.05) is 23.9 Å². The molecule has 1 aromatic heterocycles. The molecule has 0 bridgehead atoms. The first-order valence-corrected chi connectivity index (χ1v) is 11.1. The molecular weight excluding hydrogens is 428 g/mol. The molecule has 2 heterocycles. The second-order valence-corrected chi connectivity index (χ2v) is 8.53. The summed E-state index contributed by atoms with van der Waals surface area (Å²) in [6.07, 6.45) is 1.61. The average Bonchev–Trinajstić information content (AvgIpc) is 3.49. The van der Waals surface area contributed by atoms with Crippen LogP contribution < -0.4 is 14.8 Å². The number of hydrogen-bond acceptors (Lipinski definition) is 7. The number of methoxy groups -OCH3 is 2. The van der Waals surface area contributed by atoms with Gasteiger partial charge in [-0.1, -0.05) is 29.0 Å². The van der Waals surface area contributed by atoms with Gasteiger partial charge in [-0.05, 0) is 44.0 Å². The highest BCUT2D eigenvalue weighted by Gasteiger charge is 2.34. The maximum Gasteiger partial charge on any atom is 0.286 e. The quantitative estimate of drug-likeness (QED) is 0.605. The average molecular weight is 453 g/mol. The molecule has 166 valence electrons. The van der Waals surface area contributed by atoms with Crippen LogP contribution in [0.2, 0.25) is 0 Å². The third-order valence-electron chi connectivity index (χ3n) is 5.34. The molecule has 1 fully saturated rings. The molecule has 0 aliphatic carbocycles. The van der Waals surface area contributed by atoms with Gasteiger partial charge in [-0.2, -0.15) is 0 Å². The lowest BCUT2D eigenvalue weighted by atomic mass is 10.1. The molecule has 4 rings (SSSR count). The molecule has 32 heavy (non-hydrogen) atoms. The minimum atomic E-state index is -0.314. The van der Waals surface area contributed by atoms with Gasteiger partial charge in [0.15, 0.2) is 0 Å². The lowest BCUT2D eigenvalue weighted by Crippen LogP contribution is -2.30. The largest absolute Gasteiger partial charge is 0.497 e. The summed E-state index contributed by atoms with van der Waals surface area (Å²) in [5, 5.41) is 12.1. The molecule has 1 atom stereocenters. The van der Waals surface area contributed by atoms with E-state index in [4.69, 9.17) is 9.47 Å². The van der Waals surface area contributed by atoms with E-state index in [2.05, 4.69) is 15.5 Å². The Morgan fingerprint density at radius 1 is 1.06 bits per heavy atom. The topological polar surface area (TPSA) is 93.7 Å². The van der Waals surface area contributed by atoms with Crippen molar-refractivity contribution in [3.05, 3.63) is 63.6 Å². The SMILES string of the molecule is COc1cc(OC)cc(C(=O)N2CCCC2c2nnc(C(=O)Nc3ccc(C)cc3)s2)c1. The van der Waals surface area contributed by atoms with Crippen LogP contribution in [0.15, 0.2) is 42.5 Å². The summed E-state index contributed by atoms with van der Waals surface area (Å²) in [6.45, 7) is 2.59. The molecule has 1 aliphatic heterocycles. The van der Waals surface area contributed by atoms with Gasteiger partial charge in [0.05, 0.1) is 20.3 Å². The molecule has 9 heteroatoms. The molecule has 0 spiro atoms. The number of likely N-dealkylation sites (tertiary alicyclic amines) is 1. The number of carbonyl (C=O) groups excluding carboxylic acids is 2. The molecule has 8 nitrogen and oxygen atoms in total. The Kier molecular flexibility index (Phi) is 6.36. The molecule has 0 radical (unpaired) electrons. The van der Waals surface area contributed by atoms with E-state index in [1.807, 2.05) is 31.2 Å². The standard InChI is InChI=1S/C23H24N4O4S/c1-14-6-8-16(9-7-14)24-20(28)22-26-25-21(32-22)19-5-4-10-27(19)23(29)15-11-17(30-2)13-18(12-15)31-3/h6-9,11-13,19H,4-5,10H2,1-3H3,(H,24,28). The van der Waals surface area contributed by atoms with E-state index >= 15 is 0 Å². The van der Waals surface area contributed by atoms with Gasteiger partial charge in [-0.3, -0.25) is 9.59 Å². The molecular formula is C23H24N4O4S. The highest BCUT2D eigenvalue weighted by molar-refractivity contribution is 7.13. The van der Waals surface area contributed by atoms with E-state index in [-0.39, 0.29) is 22.9 Å². The third-order valence-corrected chi connectivity index (χ3v) is 6.36. The first-order chi connectivity index (χ1) is 15.5. The predicted octanol–water partition coefficient (Wildman–Crippen LogP) is 4.09.